The average molecular weight is 450 g/mol. The van der Waals surface area contributed by atoms with Crippen molar-refractivity contribution < 1.29 is 28.7 Å². The van der Waals surface area contributed by atoms with Crippen LogP contribution in [0, 0.1) is 15.9 Å². The molecule has 1 atom stereocenters. The van der Waals surface area contributed by atoms with E-state index < -0.39 is 41.0 Å². The van der Waals surface area contributed by atoms with Gasteiger partial charge in [0, 0.05) is 17.5 Å². The number of nitro benzene ring substituents is 1. The topological polar surface area (TPSA) is 119 Å². The maximum Gasteiger partial charge on any atom is 0.407 e. The van der Waals surface area contributed by atoms with Crippen molar-refractivity contribution in [1.29, 1.82) is 0 Å². The zero-order valence-electron chi connectivity index (χ0n) is 17.2. The zero-order valence-corrected chi connectivity index (χ0v) is 17.2. The molecule has 0 spiro atoms. The van der Waals surface area contributed by atoms with Crippen molar-refractivity contribution in [3.8, 4) is 11.1 Å². The number of carbonyl (C=O) groups is 2. The molecule has 0 fully saturated rings. The van der Waals surface area contributed by atoms with Crippen LogP contribution in [0.25, 0.3) is 11.1 Å². The van der Waals surface area contributed by atoms with Crippen LogP contribution in [0.1, 0.15) is 35.1 Å². The molecule has 8 nitrogen and oxygen atoms in total. The fourth-order valence-corrected chi connectivity index (χ4v) is 4.11. The maximum atomic E-state index is 14.4. The average Bonchev–Trinajstić information content (AvgIpc) is 3.10. The van der Waals surface area contributed by atoms with E-state index in [1.165, 1.54) is 0 Å². The lowest BCUT2D eigenvalue weighted by atomic mass is 9.98. The molecule has 3 aromatic rings. The molecule has 4 rings (SSSR count). The van der Waals surface area contributed by atoms with E-state index in [1.807, 2.05) is 48.5 Å². The molecule has 1 aliphatic carbocycles. The second-order valence-electron chi connectivity index (χ2n) is 7.58. The Morgan fingerprint density at radius 1 is 1.06 bits per heavy atom. The van der Waals surface area contributed by atoms with E-state index in [1.54, 1.807) is 0 Å². The van der Waals surface area contributed by atoms with Crippen LogP contribution in [0.3, 0.4) is 0 Å². The molecule has 0 heterocycles. The lowest BCUT2D eigenvalue weighted by Crippen LogP contribution is -2.32. The molecule has 0 unspecified atom stereocenters. The van der Waals surface area contributed by atoms with E-state index in [0.29, 0.717) is 6.07 Å². The molecule has 0 aromatic heterocycles. The summed E-state index contributed by atoms with van der Waals surface area (Å²) in [5.41, 5.74) is 3.46. The highest BCUT2D eigenvalue weighted by Gasteiger charge is 2.30. The number of amides is 1. The van der Waals surface area contributed by atoms with Crippen molar-refractivity contribution in [3.05, 3.63) is 99.4 Å². The number of nitro groups is 1. The summed E-state index contributed by atoms with van der Waals surface area (Å²) in [7, 11) is 0. The number of ether oxygens (including phenoxy) is 1. The molecular formula is C24H19FN2O6. The molecular weight excluding hydrogens is 431 g/mol. The Morgan fingerprint density at radius 2 is 1.67 bits per heavy atom. The van der Waals surface area contributed by atoms with Crippen LogP contribution in [0.5, 0.6) is 0 Å². The number of carboxylic acid groups (broad SMARTS) is 1. The number of benzene rings is 3. The van der Waals surface area contributed by atoms with Crippen LogP contribution in [0.2, 0.25) is 0 Å². The molecule has 168 valence electrons. The number of alkyl carbamates (subject to hydrolysis) is 1. The second-order valence-corrected chi connectivity index (χ2v) is 7.58. The Labute approximate surface area is 187 Å². The highest BCUT2D eigenvalue weighted by atomic mass is 19.1. The first-order chi connectivity index (χ1) is 15.8. The molecule has 2 N–H and O–H groups in total. The van der Waals surface area contributed by atoms with Crippen LogP contribution in [-0.2, 0) is 9.53 Å². The first-order valence-corrected chi connectivity index (χ1v) is 10.1. The summed E-state index contributed by atoms with van der Waals surface area (Å²) in [6, 6.07) is 17.1. The van der Waals surface area contributed by atoms with Crippen LogP contribution in [0.15, 0.2) is 66.7 Å². The van der Waals surface area contributed by atoms with Gasteiger partial charge < -0.3 is 15.2 Å². The van der Waals surface area contributed by atoms with Crippen molar-refractivity contribution in [2.75, 3.05) is 6.61 Å². The summed E-state index contributed by atoms with van der Waals surface area (Å²) in [6.45, 7) is 0.00238. The van der Waals surface area contributed by atoms with Gasteiger partial charge in [-0.25, -0.2) is 9.18 Å². The van der Waals surface area contributed by atoms with Gasteiger partial charge in [-0.1, -0.05) is 48.5 Å². The number of halogens is 1. The monoisotopic (exact) mass is 450 g/mol. The quantitative estimate of drug-likeness (QED) is 0.395. The van der Waals surface area contributed by atoms with Crippen LogP contribution >= 0.6 is 0 Å². The first-order valence-electron chi connectivity index (χ1n) is 10.1. The number of fused-ring (bicyclic) bond motifs is 3. The van der Waals surface area contributed by atoms with Gasteiger partial charge >= 0.3 is 12.1 Å². The lowest BCUT2D eigenvalue weighted by molar-refractivity contribution is -0.385. The summed E-state index contributed by atoms with van der Waals surface area (Å²) in [5, 5.41) is 22.4. The molecule has 1 amide bonds. The largest absolute Gasteiger partial charge is 0.481 e. The highest BCUT2D eigenvalue weighted by Crippen LogP contribution is 2.44. The minimum atomic E-state index is -1.28. The van der Waals surface area contributed by atoms with Crippen molar-refractivity contribution in [2.45, 2.75) is 18.4 Å². The Bertz CT molecular complexity index is 1200. The SMILES string of the molecule is O=C(O)C[C@H](NC(=O)OCC1c2ccccc2-c2ccccc21)c1ccc([N+](=O)[O-])cc1F. The van der Waals surface area contributed by atoms with E-state index in [9.17, 15) is 29.2 Å². The Morgan fingerprint density at radius 3 is 2.21 bits per heavy atom. The van der Waals surface area contributed by atoms with E-state index >= 15 is 0 Å². The summed E-state index contributed by atoms with van der Waals surface area (Å²) in [5.74, 6) is -2.47. The Balaban J connectivity index is 1.50. The van der Waals surface area contributed by atoms with Crippen molar-refractivity contribution in [3.63, 3.8) is 0 Å². The van der Waals surface area contributed by atoms with Gasteiger partial charge in [0.15, 0.2) is 0 Å². The number of hydrogen-bond acceptors (Lipinski definition) is 5. The molecule has 1 aliphatic rings. The van der Waals surface area contributed by atoms with Crippen molar-refractivity contribution in [1.82, 2.24) is 5.32 Å². The normalized spacial score (nSPS) is 13.0. The minimum absolute atomic E-state index is 0.00238. The number of carboxylic acids is 1. The highest BCUT2D eigenvalue weighted by molar-refractivity contribution is 5.79. The summed E-state index contributed by atoms with van der Waals surface area (Å²) < 4.78 is 19.8. The van der Waals surface area contributed by atoms with E-state index in [4.69, 9.17) is 4.74 Å². The number of aliphatic carboxylic acids is 1. The fraction of sp³-hybridized carbons (Fsp3) is 0.167. The summed E-state index contributed by atoms with van der Waals surface area (Å²) >= 11 is 0. The number of non-ortho nitro benzene ring substituents is 1. The summed E-state index contributed by atoms with van der Waals surface area (Å²) in [6.07, 6.45) is -1.54. The fourth-order valence-electron chi connectivity index (χ4n) is 4.11. The molecule has 0 saturated carbocycles. The molecule has 33 heavy (non-hydrogen) atoms. The van der Waals surface area contributed by atoms with Crippen LogP contribution < -0.4 is 5.32 Å². The van der Waals surface area contributed by atoms with Crippen molar-refractivity contribution >= 4 is 17.7 Å². The third kappa shape index (κ3) is 4.52. The van der Waals surface area contributed by atoms with Crippen LogP contribution in [0.4, 0.5) is 14.9 Å². The molecule has 0 saturated heterocycles. The molecule has 9 heteroatoms. The number of hydrogen-bond donors (Lipinski definition) is 2. The number of rotatable bonds is 7. The standard InChI is InChI=1S/C24H19FN2O6/c25-21-11-14(27(31)32)9-10-19(21)22(12-23(28)29)26-24(30)33-13-20-17-7-3-1-5-15(17)16-6-2-4-8-18(16)20/h1-11,20,22H,12-13H2,(H,26,30)(H,28,29)/t22-/m0/s1. The van der Waals surface area contributed by atoms with Gasteiger partial charge in [0.1, 0.15) is 12.4 Å². The molecule has 0 radical (unpaired) electrons. The van der Waals surface area contributed by atoms with Gasteiger partial charge in [-0.05, 0) is 28.3 Å². The predicted molar refractivity (Wildman–Crippen MR) is 116 cm³/mol. The Hall–Kier alpha value is -4.27. The number of carbonyl (C=O) groups excluding carboxylic acids is 1. The second kappa shape index (κ2) is 9.07. The zero-order chi connectivity index (χ0) is 23.5. The van der Waals surface area contributed by atoms with Gasteiger partial charge in [-0.2, -0.15) is 0 Å². The lowest BCUT2D eigenvalue weighted by Gasteiger charge is -2.19. The van der Waals surface area contributed by atoms with Gasteiger partial charge in [0.25, 0.3) is 5.69 Å². The minimum Gasteiger partial charge on any atom is -0.481 e. The smallest absolute Gasteiger partial charge is 0.407 e. The third-order valence-electron chi connectivity index (χ3n) is 5.58. The summed E-state index contributed by atoms with van der Waals surface area (Å²) in [4.78, 5) is 33.9. The van der Waals surface area contributed by atoms with Gasteiger partial charge in [0.05, 0.1) is 23.5 Å². The first kappa shape index (κ1) is 21.9. The van der Waals surface area contributed by atoms with E-state index in [0.717, 1.165) is 34.4 Å². The number of nitrogens with one attached hydrogen (secondary N) is 1. The Kier molecular flexibility index (Phi) is 6.03. The molecule has 0 aliphatic heterocycles. The predicted octanol–water partition coefficient (Wildman–Crippen LogP) is 4.79. The third-order valence-corrected chi connectivity index (χ3v) is 5.58. The van der Waals surface area contributed by atoms with Crippen molar-refractivity contribution in [2.24, 2.45) is 0 Å². The van der Waals surface area contributed by atoms with Crippen LogP contribution in [-0.4, -0.2) is 28.7 Å². The van der Waals surface area contributed by atoms with E-state index in [-0.39, 0.29) is 18.1 Å². The van der Waals surface area contributed by atoms with Gasteiger partial charge in [0.2, 0.25) is 0 Å². The van der Waals surface area contributed by atoms with Gasteiger partial charge in [-0.3, -0.25) is 14.9 Å². The van der Waals surface area contributed by atoms with Gasteiger partial charge in [-0.15, -0.1) is 0 Å². The van der Waals surface area contributed by atoms with E-state index in [2.05, 4.69) is 5.32 Å². The molecule has 0 bridgehead atoms. The molecule has 3 aromatic carbocycles. The number of nitrogens with zero attached hydrogens (tertiary/aromatic N) is 1. The maximum absolute atomic E-state index is 14.4.